The number of hydrogen-bond donors (Lipinski definition) is 2. The topological polar surface area (TPSA) is 121 Å². The predicted octanol–water partition coefficient (Wildman–Crippen LogP) is 3.59. The van der Waals surface area contributed by atoms with E-state index in [0.717, 1.165) is 60.0 Å². The van der Waals surface area contributed by atoms with E-state index >= 15 is 0 Å². The van der Waals surface area contributed by atoms with Crippen LogP contribution in [0.2, 0.25) is 0 Å². The van der Waals surface area contributed by atoms with E-state index in [0.29, 0.717) is 12.3 Å². The molecule has 0 bridgehead atoms. The van der Waals surface area contributed by atoms with Crippen LogP contribution in [0.3, 0.4) is 0 Å². The number of ether oxygens (including phenoxy) is 1. The number of likely N-dealkylation sites (N-methyl/N-ethyl adjacent to an activating group) is 1. The first-order valence-corrected chi connectivity index (χ1v) is 15.6. The minimum atomic E-state index is -3.75. The van der Waals surface area contributed by atoms with Crippen molar-refractivity contribution in [2.75, 3.05) is 58.5 Å². The van der Waals surface area contributed by atoms with E-state index in [1.807, 2.05) is 31.3 Å². The van der Waals surface area contributed by atoms with Crippen molar-refractivity contribution >= 4 is 38.2 Å². The number of aromatic nitrogens is 3. The number of rotatable bonds is 10. The molecule has 0 spiro atoms. The molecule has 222 valence electrons. The molecule has 4 aromatic rings. The van der Waals surface area contributed by atoms with E-state index < -0.39 is 20.5 Å². The molecule has 0 radical (unpaired) electrons. The third-order valence-electron chi connectivity index (χ3n) is 7.68. The maximum atomic E-state index is 15.0. The minimum Gasteiger partial charge on any atom is -0.383 e. The van der Waals surface area contributed by atoms with Crippen LogP contribution in [0.1, 0.15) is 11.1 Å². The summed E-state index contributed by atoms with van der Waals surface area (Å²) in [5, 5.41) is 3.71. The molecule has 0 saturated carbocycles. The first-order valence-electron chi connectivity index (χ1n) is 13.7. The summed E-state index contributed by atoms with van der Waals surface area (Å²) in [5.74, 6) is -0.668. The fourth-order valence-electron chi connectivity index (χ4n) is 5.35. The summed E-state index contributed by atoms with van der Waals surface area (Å²) in [4.78, 5) is 29.9. The van der Waals surface area contributed by atoms with Gasteiger partial charge in [-0.15, -0.1) is 0 Å². The number of fused-ring (bicyclic) bond motifs is 1. The summed E-state index contributed by atoms with van der Waals surface area (Å²) < 4.78 is 44.3. The van der Waals surface area contributed by atoms with Gasteiger partial charge in [0.15, 0.2) is 21.4 Å². The molecule has 0 aliphatic carbocycles. The number of halogens is 1. The highest BCUT2D eigenvalue weighted by Crippen LogP contribution is 2.33. The third-order valence-corrected chi connectivity index (χ3v) is 8.79. The molecule has 1 aliphatic heterocycles. The van der Waals surface area contributed by atoms with Gasteiger partial charge in [0.1, 0.15) is 4.90 Å². The Kier molecular flexibility index (Phi) is 8.69. The van der Waals surface area contributed by atoms with Crippen LogP contribution in [0.5, 0.6) is 0 Å². The third kappa shape index (κ3) is 6.21. The number of benzene rings is 2. The van der Waals surface area contributed by atoms with Crippen molar-refractivity contribution in [1.29, 1.82) is 0 Å². The lowest BCUT2D eigenvalue weighted by Crippen LogP contribution is -2.53. The highest BCUT2D eigenvalue weighted by molar-refractivity contribution is 7.90. The molecule has 1 atom stereocenters. The quantitative estimate of drug-likeness (QED) is 0.284. The Labute approximate surface area is 244 Å². The Hall–Kier alpha value is -3.71. The number of nitrogens with zero attached hydrogens (tertiary/aromatic N) is 4. The minimum absolute atomic E-state index is 0.0431. The number of methoxy groups -OCH3 is 1. The Morgan fingerprint density at radius 1 is 1.17 bits per heavy atom. The molecule has 1 fully saturated rings. The van der Waals surface area contributed by atoms with E-state index in [9.17, 15) is 17.6 Å². The largest absolute Gasteiger partial charge is 0.383 e. The van der Waals surface area contributed by atoms with Gasteiger partial charge in [0.2, 0.25) is 5.95 Å². The zero-order valence-electron chi connectivity index (χ0n) is 24.1. The normalized spacial score (nSPS) is 15.6. The Morgan fingerprint density at radius 2 is 1.90 bits per heavy atom. The maximum Gasteiger partial charge on any atom is 0.227 e. The van der Waals surface area contributed by atoms with E-state index in [2.05, 4.69) is 37.1 Å². The van der Waals surface area contributed by atoms with Crippen LogP contribution in [-0.4, -0.2) is 98.2 Å². The average molecular weight is 595 g/mol. The van der Waals surface area contributed by atoms with Crippen molar-refractivity contribution in [1.82, 2.24) is 24.8 Å². The number of carbonyl (C=O) groups excluding carboxylic acids is 1. The number of H-pyrrole nitrogens is 1. The number of anilines is 2. The standard InChI is InChI=1S/C30H35FN6O4S/c1-19-16-33-30(34-23-9-6-10-26(27(23)31)42(4,39)40)35-28(19)22-17-32-29-20(7-5-8-21(22)29)15-25(38)24(18-41-3)37-13-11-36(2)12-14-37/h5-10,16-17,24,32H,11-15,18H2,1-4H3,(H,33,34,35)/t24-/m0/s1. The Balaban J connectivity index is 1.43. The summed E-state index contributed by atoms with van der Waals surface area (Å²) in [6.07, 6.45) is 4.68. The second-order valence-corrected chi connectivity index (χ2v) is 12.7. The van der Waals surface area contributed by atoms with Crippen molar-refractivity contribution in [3.05, 3.63) is 65.7 Å². The van der Waals surface area contributed by atoms with Crippen molar-refractivity contribution in [2.24, 2.45) is 0 Å². The predicted molar refractivity (Wildman–Crippen MR) is 160 cm³/mol. The number of para-hydroxylation sites is 1. The lowest BCUT2D eigenvalue weighted by molar-refractivity contribution is -0.126. The fourth-order valence-corrected chi connectivity index (χ4v) is 6.11. The van der Waals surface area contributed by atoms with Crippen LogP contribution in [0.4, 0.5) is 16.0 Å². The van der Waals surface area contributed by atoms with Gasteiger partial charge in [0.05, 0.1) is 24.0 Å². The second-order valence-electron chi connectivity index (χ2n) is 10.7. The van der Waals surface area contributed by atoms with Gasteiger partial charge in [0, 0.05) is 74.8 Å². The number of ketones is 1. The van der Waals surface area contributed by atoms with Crippen LogP contribution in [0.25, 0.3) is 22.2 Å². The molecule has 12 heteroatoms. The lowest BCUT2D eigenvalue weighted by atomic mass is 9.99. The molecule has 1 aliphatic rings. The molecular weight excluding hydrogens is 559 g/mol. The van der Waals surface area contributed by atoms with Gasteiger partial charge in [-0.05, 0) is 37.2 Å². The highest BCUT2D eigenvalue weighted by Gasteiger charge is 2.29. The van der Waals surface area contributed by atoms with Crippen LogP contribution in [0.15, 0.2) is 53.7 Å². The van der Waals surface area contributed by atoms with E-state index in [-0.39, 0.29) is 29.9 Å². The molecule has 2 aromatic carbocycles. The molecule has 5 rings (SSSR count). The molecule has 10 nitrogen and oxygen atoms in total. The molecule has 3 heterocycles. The molecule has 0 unspecified atom stereocenters. The summed E-state index contributed by atoms with van der Waals surface area (Å²) in [7, 11) is -0.0411. The van der Waals surface area contributed by atoms with E-state index in [4.69, 9.17) is 4.74 Å². The lowest BCUT2D eigenvalue weighted by Gasteiger charge is -2.37. The first-order chi connectivity index (χ1) is 20.1. The van der Waals surface area contributed by atoms with Crippen LogP contribution >= 0.6 is 0 Å². The monoisotopic (exact) mass is 594 g/mol. The SMILES string of the molecule is COC[C@@H](C(=O)Cc1cccc2c(-c3nc(Nc4cccc(S(C)(=O)=O)c4F)ncc3C)c[nH]c12)N1CCN(C)CC1. The smallest absolute Gasteiger partial charge is 0.227 e. The molecule has 2 N–H and O–H groups in total. The zero-order valence-corrected chi connectivity index (χ0v) is 25.0. The van der Waals surface area contributed by atoms with Gasteiger partial charge in [-0.25, -0.2) is 22.8 Å². The summed E-state index contributed by atoms with van der Waals surface area (Å²) >= 11 is 0. The van der Waals surface area contributed by atoms with Crippen LogP contribution in [0, 0.1) is 12.7 Å². The summed E-state index contributed by atoms with van der Waals surface area (Å²) in [5.41, 5.74) is 3.90. The van der Waals surface area contributed by atoms with Crippen molar-refractivity contribution in [2.45, 2.75) is 24.3 Å². The van der Waals surface area contributed by atoms with Crippen molar-refractivity contribution in [3.8, 4) is 11.3 Å². The number of hydrogen-bond acceptors (Lipinski definition) is 9. The summed E-state index contributed by atoms with van der Waals surface area (Å²) in [6, 6.07) is 9.63. The van der Waals surface area contributed by atoms with E-state index in [1.54, 1.807) is 13.3 Å². The van der Waals surface area contributed by atoms with Gasteiger partial charge < -0.3 is 19.9 Å². The van der Waals surface area contributed by atoms with Crippen molar-refractivity contribution in [3.63, 3.8) is 0 Å². The van der Waals surface area contributed by atoms with Crippen LogP contribution in [-0.2, 0) is 25.8 Å². The molecule has 2 aromatic heterocycles. The van der Waals surface area contributed by atoms with E-state index in [1.165, 1.54) is 18.2 Å². The molecular formula is C30H35FN6O4S. The molecule has 1 saturated heterocycles. The van der Waals surface area contributed by atoms with Crippen LogP contribution < -0.4 is 5.32 Å². The maximum absolute atomic E-state index is 15.0. The first kappa shape index (κ1) is 29.8. The molecule has 0 amide bonds. The van der Waals surface area contributed by atoms with Gasteiger partial charge in [-0.1, -0.05) is 24.3 Å². The van der Waals surface area contributed by atoms with Gasteiger partial charge in [0.25, 0.3) is 0 Å². The van der Waals surface area contributed by atoms with Crippen molar-refractivity contribution < 1.29 is 22.3 Å². The number of nitrogens with one attached hydrogen (secondary N) is 2. The number of aromatic amines is 1. The average Bonchev–Trinajstić information content (AvgIpc) is 3.39. The zero-order chi connectivity index (χ0) is 30.0. The number of sulfone groups is 1. The fraction of sp³-hybridized carbons (Fsp3) is 0.367. The van der Waals surface area contributed by atoms with Gasteiger partial charge in [-0.2, -0.15) is 0 Å². The Morgan fingerprint density at radius 3 is 2.62 bits per heavy atom. The number of piperazine rings is 1. The second kappa shape index (κ2) is 12.3. The molecule has 42 heavy (non-hydrogen) atoms. The Bertz CT molecular complexity index is 1720. The number of aryl methyl sites for hydroxylation is 1. The van der Waals surface area contributed by atoms with Gasteiger partial charge in [-0.3, -0.25) is 9.69 Å². The highest BCUT2D eigenvalue weighted by atomic mass is 32.2. The number of Topliss-reactive ketones (excluding diaryl/α,β-unsaturated/α-hetero) is 1. The summed E-state index contributed by atoms with van der Waals surface area (Å²) in [6.45, 7) is 5.68. The number of carbonyl (C=O) groups is 1. The van der Waals surface area contributed by atoms with Gasteiger partial charge >= 0.3 is 0 Å².